The van der Waals surface area contributed by atoms with Crippen molar-refractivity contribution in [1.82, 2.24) is 15.5 Å². The molecule has 0 saturated carbocycles. The van der Waals surface area contributed by atoms with Crippen molar-refractivity contribution in [3.05, 3.63) is 0 Å². The zero-order valence-corrected chi connectivity index (χ0v) is 12.1. The second-order valence-corrected chi connectivity index (χ2v) is 4.72. The van der Waals surface area contributed by atoms with E-state index in [1.807, 2.05) is 0 Å². The van der Waals surface area contributed by atoms with Crippen molar-refractivity contribution < 1.29 is 9.59 Å². The van der Waals surface area contributed by atoms with Crippen molar-refractivity contribution in [2.24, 2.45) is 5.92 Å². The Hall–Kier alpha value is -1.10. The highest BCUT2D eigenvalue weighted by Crippen LogP contribution is 1.95. The standard InChI is InChI=1S/C13H27N3O2/c1-5-16(6-2)10-9-15-13(18)12(17)14-8-7-11(3)4/h11H,5-10H2,1-4H3,(H,14,17)(H,15,18). The Kier molecular flexibility index (Phi) is 9.28. The average Bonchev–Trinajstić information content (AvgIpc) is 2.33. The number of hydrogen-bond donors (Lipinski definition) is 2. The number of amides is 2. The van der Waals surface area contributed by atoms with Crippen LogP contribution >= 0.6 is 0 Å². The summed E-state index contributed by atoms with van der Waals surface area (Å²) in [5, 5.41) is 5.24. The van der Waals surface area contributed by atoms with Gasteiger partial charge in [-0.05, 0) is 25.4 Å². The quantitative estimate of drug-likeness (QED) is 0.626. The third-order valence-electron chi connectivity index (χ3n) is 2.82. The molecule has 2 amide bonds. The molecule has 0 rings (SSSR count). The van der Waals surface area contributed by atoms with Crippen LogP contribution in [0.25, 0.3) is 0 Å². The lowest BCUT2D eigenvalue weighted by molar-refractivity contribution is -0.139. The average molecular weight is 257 g/mol. The number of rotatable bonds is 8. The number of nitrogens with zero attached hydrogens (tertiary/aromatic N) is 1. The minimum atomic E-state index is -0.536. The predicted octanol–water partition coefficient (Wildman–Crippen LogP) is 0.607. The summed E-state index contributed by atoms with van der Waals surface area (Å²) in [6.45, 7) is 12.1. The first kappa shape index (κ1) is 16.9. The summed E-state index contributed by atoms with van der Waals surface area (Å²) in [4.78, 5) is 25.0. The van der Waals surface area contributed by atoms with Gasteiger partial charge in [0.25, 0.3) is 0 Å². The van der Waals surface area contributed by atoms with E-state index in [-0.39, 0.29) is 0 Å². The van der Waals surface area contributed by atoms with Gasteiger partial charge in [0.1, 0.15) is 0 Å². The summed E-state index contributed by atoms with van der Waals surface area (Å²) in [5.41, 5.74) is 0. The van der Waals surface area contributed by atoms with E-state index >= 15 is 0 Å². The fraction of sp³-hybridized carbons (Fsp3) is 0.846. The third kappa shape index (κ3) is 8.06. The number of carbonyl (C=O) groups excluding carboxylic acids is 2. The Labute approximate surface area is 110 Å². The summed E-state index contributed by atoms with van der Waals surface area (Å²) in [6, 6.07) is 0. The van der Waals surface area contributed by atoms with Crippen molar-refractivity contribution in [2.45, 2.75) is 34.1 Å². The Bertz CT molecular complexity index is 251. The van der Waals surface area contributed by atoms with Crippen LogP contribution in [-0.4, -0.2) is 49.4 Å². The van der Waals surface area contributed by atoms with Gasteiger partial charge in [0.05, 0.1) is 0 Å². The molecule has 0 fully saturated rings. The Morgan fingerprint density at radius 3 is 1.94 bits per heavy atom. The zero-order valence-electron chi connectivity index (χ0n) is 12.1. The van der Waals surface area contributed by atoms with Gasteiger partial charge in [-0.2, -0.15) is 0 Å². The summed E-state index contributed by atoms with van der Waals surface area (Å²) < 4.78 is 0. The predicted molar refractivity (Wildman–Crippen MR) is 73.3 cm³/mol. The maximum atomic E-state index is 11.4. The lowest BCUT2D eigenvalue weighted by Gasteiger charge is -2.17. The SMILES string of the molecule is CCN(CC)CCNC(=O)C(=O)NCCC(C)C. The van der Waals surface area contributed by atoms with Crippen LogP contribution in [0.1, 0.15) is 34.1 Å². The van der Waals surface area contributed by atoms with Crippen molar-refractivity contribution >= 4 is 11.8 Å². The van der Waals surface area contributed by atoms with Crippen LogP contribution in [0.15, 0.2) is 0 Å². The Morgan fingerprint density at radius 1 is 1.00 bits per heavy atom. The number of nitrogens with one attached hydrogen (secondary N) is 2. The van der Waals surface area contributed by atoms with Gasteiger partial charge in [-0.15, -0.1) is 0 Å². The summed E-state index contributed by atoms with van der Waals surface area (Å²) in [5.74, 6) is -0.544. The molecule has 0 unspecified atom stereocenters. The molecular weight excluding hydrogens is 230 g/mol. The first-order chi connectivity index (χ1) is 8.51. The van der Waals surface area contributed by atoms with Crippen LogP contribution in [0.2, 0.25) is 0 Å². The summed E-state index contributed by atoms with van der Waals surface area (Å²) in [7, 11) is 0. The van der Waals surface area contributed by atoms with Gasteiger partial charge in [-0.3, -0.25) is 9.59 Å². The molecule has 0 saturated heterocycles. The van der Waals surface area contributed by atoms with E-state index in [0.29, 0.717) is 19.0 Å². The largest absolute Gasteiger partial charge is 0.348 e. The van der Waals surface area contributed by atoms with Crippen molar-refractivity contribution in [3.8, 4) is 0 Å². The van der Waals surface area contributed by atoms with E-state index in [2.05, 4.69) is 43.2 Å². The molecule has 2 N–H and O–H groups in total. The van der Waals surface area contributed by atoms with Gasteiger partial charge in [0, 0.05) is 19.6 Å². The Morgan fingerprint density at radius 2 is 1.50 bits per heavy atom. The molecule has 0 aliphatic heterocycles. The van der Waals surface area contributed by atoms with Crippen LogP contribution in [0, 0.1) is 5.92 Å². The van der Waals surface area contributed by atoms with E-state index in [4.69, 9.17) is 0 Å². The molecule has 0 aromatic rings. The highest BCUT2D eigenvalue weighted by atomic mass is 16.2. The van der Waals surface area contributed by atoms with Gasteiger partial charge < -0.3 is 15.5 Å². The molecule has 0 spiro atoms. The van der Waals surface area contributed by atoms with Crippen LogP contribution in [0.5, 0.6) is 0 Å². The maximum Gasteiger partial charge on any atom is 0.309 e. The van der Waals surface area contributed by atoms with Gasteiger partial charge in [-0.1, -0.05) is 27.7 Å². The fourth-order valence-corrected chi connectivity index (χ4v) is 1.50. The summed E-state index contributed by atoms with van der Waals surface area (Å²) >= 11 is 0. The zero-order chi connectivity index (χ0) is 14.0. The topological polar surface area (TPSA) is 61.4 Å². The molecule has 106 valence electrons. The van der Waals surface area contributed by atoms with Crippen LogP contribution in [0.3, 0.4) is 0 Å². The lowest BCUT2D eigenvalue weighted by atomic mass is 10.1. The minimum absolute atomic E-state index is 0.512. The van der Waals surface area contributed by atoms with E-state index < -0.39 is 11.8 Å². The molecule has 0 aliphatic carbocycles. The molecule has 0 heterocycles. The van der Waals surface area contributed by atoms with Crippen LogP contribution in [0.4, 0.5) is 0 Å². The van der Waals surface area contributed by atoms with Crippen molar-refractivity contribution in [2.75, 3.05) is 32.7 Å². The molecule has 0 aromatic heterocycles. The van der Waals surface area contributed by atoms with Gasteiger partial charge >= 0.3 is 11.8 Å². The molecule has 0 bridgehead atoms. The van der Waals surface area contributed by atoms with E-state index in [9.17, 15) is 9.59 Å². The third-order valence-corrected chi connectivity index (χ3v) is 2.82. The smallest absolute Gasteiger partial charge is 0.309 e. The normalized spacial score (nSPS) is 10.8. The second-order valence-electron chi connectivity index (χ2n) is 4.72. The highest BCUT2D eigenvalue weighted by molar-refractivity contribution is 6.35. The lowest BCUT2D eigenvalue weighted by Crippen LogP contribution is -2.43. The van der Waals surface area contributed by atoms with E-state index in [1.54, 1.807) is 0 Å². The molecular formula is C13H27N3O2. The maximum absolute atomic E-state index is 11.4. The van der Waals surface area contributed by atoms with Crippen LogP contribution in [-0.2, 0) is 9.59 Å². The highest BCUT2D eigenvalue weighted by Gasteiger charge is 2.12. The molecule has 0 aromatic carbocycles. The van der Waals surface area contributed by atoms with Gasteiger partial charge in [0.15, 0.2) is 0 Å². The van der Waals surface area contributed by atoms with E-state index in [0.717, 1.165) is 26.1 Å². The monoisotopic (exact) mass is 257 g/mol. The van der Waals surface area contributed by atoms with Crippen molar-refractivity contribution in [3.63, 3.8) is 0 Å². The summed E-state index contributed by atoms with van der Waals surface area (Å²) in [6.07, 6.45) is 0.887. The second kappa shape index (κ2) is 9.88. The fourth-order valence-electron chi connectivity index (χ4n) is 1.50. The first-order valence-electron chi connectivity index (χ1n) is 6.79. The molecule has 0 atom stereocenters. The number of carbonyl (C=O) groups is 2. The van der Waals surface area contributed by atoms with Crippen molar-refractivity contribution in [1.29, 1.82) is 0 Å². The van der Waals surface area contributed by atoms with Gasteiger partial charge in [0.2, 0.25) is 0 Å². The van der Waals surface area contributed by atoms with E-state index in [1.165, 1.54) is 0 Å². The van der Waals surface area contributed by atoms with Crippen LogP contribution < -0.4 is 10.6 Å². The molecule has 18 heavy (non-hydrogen) atoms. The molecule has 5 heteroatoms. The minimum Gasteiger partial charge on any atom is -0.348 e. The molecule has 5 nitrogen and oxygen atoms in total. The molecule has 0 radical (unpaired) electrons. The molecule has 0 aliphatic rings. The van der Waals surface area contributed by atoms with Gasteiger partial charge in [-0.25, -0.2) is 0 Å². The number of hydrogen-bond acceptors (Lipinski definition) is 3. The Balaban J connectivity index is 3.71. The first-order valence-corrected chi connectivity index (χ1v) is 6.79. The number of likely N-dealkylation sites (N-methyl/N-ethyl adjacent to an activating group) is 1.